The van der Waals surface area contributed by atoms with Crippen LogP contribution in [0.1, 0.15) is 0 Å². The Morgan fingerprint density at radius 3 is 2.89 bits per heavy atom. The summed E-state index contributed by atoms with van der Waals surface area (Å²) in [5.41, 5.74) is 0.906. The summed E-state index contributed by atoms with van der Waals surface area (Å²) in [6.45, 7) is 5.80. The Hall–Kier alpha value is -0.880. The summed E-state index contributed by atoms with van der Waals surface area (Å²) < 4.78 is 5.33. The Morgan fingerprint density at radius 2 is 2.16 bits per heavy atom. The molecule has 0 aliphatic carbocycles. The molecule has 104 valence electrons. The average Bonchev–Trinajstić information content (AvgIpc) is 2.40. The molecule has 2 rings (SSSR count). The zero-order valence-electron chi connectivity index (χ0n) is 10.7. The van der Waals surface area contributed by atoms with Gasteiger partial charge < -0.3 is 20.3 Å². The molecule has 1 aliphatic heterocycles. The number of morpholine rings is 1. The fourth-order valence-corrected chi connectivity index (χ4v) is 2.41. The van der Waals surface area contributed by atoms with Crippen LogP contribution in [0.2, 0.25) is 5.02 Å². The number of benzene rings is 1. The standard InChI is InChI=1S/C13H18ClN3OS/c14-11-2-1-3-12(10-11)16-13(19)15-4-5-17-6-8-18-9-7-17/h1-3,10H,4-9H2,(H2,15,16,19)/p+1. The van der Waals surface area contributed by atoms with E-state index in [9.17, 15) is 0 Å². The van der Waals surface area contributed by atoms with Crippen LogP contribution >= 0.6 is 23.8 Å². The highest BCUT2D eigenvalue weighted by Crippen LogP contribution is 2.14. The van der Waals surface area contributed by atoms with Gasteiger partial charge in [-0.1, -0.05) is 17.7 Å². The normalized spacial score (nSPS) is 16.1. The van der Waals surface area contributed by atoms with Gasteiger partial charge in [0.1, 0.15) is 13.1 Å². The van der Waals surface area contributed by atoms with Gasteiger partial charge in [0.05, 0.1) is 26.3 Å². The lowest BCUT2D eigenvalue weighted by Gasteiger charge is -2.24. The summed E-state index contributed by atoms with van der Waals surface area (Å²) in [5, 5.41) is 7.67. The Morgan fingerprint density at radius 1 is 1.37 bits per heavy atom. The molecule has 0 atom stereocenters. The molecule has 0 bridgehead atoms. The monoisotopic (exact) mass is 300 g/mol. The van der Waals surface area contributed by atoms with Crippen molar-refractivity contribution in [2.24, 2.45) is 0 Å². The Kier molecular flexibility index (Phi) is 5.85. The lowest BCUT2D eigenvalue weighted by Crippen LogP contribution is -3.14. The lowest BCUT2D eigenvalue weighted by molar-refractivity contribution is -0.906. The quantitative estimate of drug-likeness (QED) is 0.710. The van der Waals surface area contributed by atoms with Gasteiger partial charge in [-0.3, -0.25) is 0 Å². The molecule has 1 aliphatic rings. The van der Waals surface area contributed by atoms with Gasteiger partial charge in [-0.25, -0.2) is 0 Å². The van der Waals surface area contributed by atoms with E-state index in [1.54, 1.807) is 4.90 Å². The van der Waals surface area contributed by atoms with Gasteiger partial charge in [0.25, 0.3) is 0 Å². The first-order valence-corrected chi connectivity index (χ1v) is 7.24. The van der Waals surface area contributed by atoms with Crippen molar-refractivity contribution in [2.45, 2.75) is 0 Å². The Labute approximate surface area is 124 Å². The molecule has 0 saturated carbocycles. The first kappa shape index (κ1) is 14.5. The van der Waals surface area contributed by atoms with Crippen LogP contribution in [0, 0.1) is 0 Å². The summed E-state index contributed by atoms with van der Waals surface area (Å²) in [5.74, 6) is 0. The third-order valence-corrected chi connectivity index (χ3v) is 3.53. The third-order valence-electron chi connectivity index (χ3n) is 3.05. The van der Waals surface area contributed by atoms with Crippen LogP contribution in [0.15, 0.2) is 24.3 Å². The molecule has 1 aromatic carbocycles. The second kappa shape index (κ2) is 7.65. The van der Waals surface area contributed by atoms with Crippen LogP contribution in [-0.2, 0) is 4.74 Å². The van der Waals surface area contributed by atoms with E-state index in [4.69, 9.17) is 28.6 Å². The summed E-state index contributed by atoms with van der Waals surface area (Å²) in [7, 11) is 0. The molecule has 1 heterocycles. The van der Waals surface area contributed by atoms with Gasteiger partial charge in [-0.15, -0.1) is 0 Å². The molecule has 1 fully saturated rings. The van der Waals surface area contributed by atoms with Gasteiger partial charge >= 0.3 is 0 Å². The van der Waals surface area contributed by atoms with E-state index in [1.165, 1.54) is 0 Å². The van der Waals surface area contributed by atoms with Crippen LogP contribution in [0.5, 0.6) is 0 Å². The van der Waals surface area contributed by atoms with Gasteiger partial charge in [0.15, 0.2) is 5.11 Å². The molecular formula is C13H19ClN3OS+. The topological polar surface area (TPSA) is 37.7 Å². The van der Waals surface area contributed by atoms with Crippen LogP contribution in [0.4, 0.5) is 5.69 Å². The number of halogens is 1. The summed E-state index contributed by atoms with van der Waals surface area (Å²) in [4.78, 5) is 1.56. The number of hydrogen-bond acceptors (Lipinski definition) is 2. The van der Waals surface area contributed by atoms with Gasteiger partial charge in [0.2, 0.25) is 0 Å². The molecule has 3 N–H and O–H groups in total. The number of ether oxygens (including phenoxy) is 1. The van der Waals surface area contributed by atoms with Gasteiger partial charge in [-0.2, -0.15) is 0 Å². The Balaban J connectivity index is 1.67. The smallest absolute Gasteiger partial charge is 0.170 e. The first-order chi connectivity index (χ1) is 9.24. The third kappa shape index (κ3) is 5.32. The molecule has 0 unspecified atom stereocenters. The molecule has 1 saturated heterocycles. The number of thiocarbonyl (C=S) groups is 1. The number of nitrogens with one attached hydrogen (secondary N) is 3. The van der Waals surface area contributed by atoms with Crippen molar-refractivity contribution in [3.8, 4) is 0 Å². The number of quaternary nitrogens is 1. The predicted molar refractivity (Wildman–Crippen MR) is 82.1 cm³/mol. The van der Waals surface area contributed by atoms with E-state index in [0.29, 0.717) is 10.1 Å². The maximum atomic E-state index is 5.92. The van der Waals surface area contributed by atoms with Crippen molar-refractivity contribution in [3.63, 3.8) is 0 Å². The molecule has 0 aromatic heterocycles. The summed E-state index contributed by atoms with van der Waals surface area (Å²) in [6, 6.07) is 7.52. The number of rotatable bonds is 4. The maximum absolute atomic E-state index is 5.92. The van der Waals surface area contributed by atoms with Gasteiger partial charge in [-0.05, 0) is 30.4 Å². The predicted octanol–water partition coefficient (Wildman–Crippen LogP) is 0.542. The summed E-state index contributed by atoms with van der Waals surface area (Å²) in [6.07, 6.45) is 0. The molecule has 0 spiro atoms. The molecule has 6 heteroatoms. The van der Waals surface area contributed by atoms with Crippen LogP contribution in [0.3, 0.4) is 0 Å². The van der Waals surface area contributed by atoms with E-state index >= 15 is 0 Å². The minimum Gasteiger partial charge on any atom is -0.370 e. The van der Waals surface area contributed by atoms with Gasteiger partial charge in [0, 0.05) is 10.7 Å². The van der Waals surface area contributed by atoms with Crippen molar-refractivity contribution < 1.29 is 9.64 Å². The highest BCUT2D eigenvalue weighted by atomic mass is 35.5. The lowest BCUT2D eigenvalue weighted by atomic mass is 10.3. The second-order valence-corrected chi connectivity index (χ2v) is 5.35. The summed E-state index contributed by atoms with van der Waals surface area (Å²) >= 11 is 11.2. The molecule has 0 amide bonds. The van der Waals surface area contributed by atoms with Crippen molar-refractivity contribution >= 4 is 34.6 Å². The largest absolute Gasteiger partial charge is 0.370 e. The fourth-order valence-electron chi connectivity index (χ4n) is 2.00. The second-order valence-electron chi connectivity index (χ2n) is 4.50. The SMILES string of the molecule is S=C(NCC[NH+]1CCOCC1)Nc1cccc(Cl)c1. The molecule has 1 aromatic rings. The average molecular weight is 301 g/mol. The minimum atomic E-state index is 0.634. The molecule has 19 heavy (non-hydrogen) atoms. The highest BCUT2D eigenvalue weighted by Gasteiger charge is 2.12. The fraction of sp³-hybridized carbons (Fsp3) is 0.462. The highest BCUT2D eigenvalue weighted by molar-refractivity contribution is 7.80. The minimum absolute atomic E-state index is 0.634. The molecule has 4 nitrogen and oxygen atoms in total. The van der Waals surface area contributed by atoms with E-state index in [-0.39, 0.29) is 0 Å². The Bertz CT molecular complexity index is 424. The van der Waals surface area contributed by atoms with Crippen molar-refractivity contribution in [3.05, 3.63) is 29.3 Å². The maximum Gasteiger partial charge on any atom is 0.170 e. The van der Waals surface area contributed by atoms with Crippen molar-refractivity contribution in [1.29, 1.82) is 0 Å². The van der Waals surface area contributed by atoms with Crippen LogP contribution < -0.4 is 15.5 Å². The van der Waals surface area contributed by atoms with E-state index in [1.807, 2.05) is 24.3 Å². The van der Waals surface area contributed by atoms with Crippen molar-refractivity contribution in [1.82, 2.24) is 5.32 Å². The van der Waals surface area contributed by atoms with E-state index < -0.39 is 0 Å². The number of anilines is 1. The van der Waals surface area contributed by atoms with Crippen molar-refractivity contribution in [2.75, 3.05) is 44.7 Å². The van der Waals surface area contributed by atoms with Crippen LogP contribution in [-0.4, -0.2) is 44.5 Å². The molecule has 0 radical (unpaired) electrons. The first-order valence-electron chi connectivity index (χ1n) is 6.46. The van der Waals surface area contributed by atoms with E-state index in [0.717, 1.165) is 45.1 Å². The molecular weight excluding hydrogens is 282 g/mol. The number of hydrogen-bond donors (Lipinski definition) is 3. The zero-order valence-corrected chi connectivity index (χ0v) is 12.3. The van der Waals surface area contributed by atoms with Crippen LogP contribution in [0.25, 0.3) is 0 Å². The zero-order chi connectivity index (χ0) is 13.5. The van der Waals surface area contributed by atoms with E-state index in [2.05, 4.69) is 10.6 Å².